The second-order valence-electron chi connectivity index (χ2n) is 4.90. The number of hydrogen-bond donors (Lipinski definition) is 1. The Bertz CT molecular complexity index is 392. The predicted molar refractivity (Wildman–Crippen MR) is 80.6 cm³/mol. The van der Waals surface area contributed by atoms with Crippen LogP contribution in [0.3, 0.4) is 0 Å². The van der Waals surface area contributed by atoms with Gasteiger partial charge in [-0.3, -0.25) is 0 Å². The number of nitrogens with one attached hydrogen (secondary N) is 1. The number of benzene rings is 1. The van der Waals surface area contributed by atoms with Crippen LogP contribution in [0.1, 0.15) is 31.7 Å². The zero-order valence-electron chi connectivity index (χ0n) is 11.5. The second kappa shape index (κ2) is 7.88. The van der Waals surface area contributed by atoms with Gasteiger partial charge in [-0.1, -0.05) is 22.9 Å². The van der Waals surface area contributed by atoms with Gasteiger partial charge in [0, 0.05) is 29.2 Å². The molecule has 1 heterocycles. The first kappa shape index (κ1) is 14.8. The minimum atomic E-state index is 0.465. The van der Waals surface area contributed by atoms with E-state index in [4.69, 9.17) is 9.47 Å². The van der Waals surface area contributed by atoms with E-state index < -0.39 is 0 Å². The highest BCUT2D eigenvalue weighted by atomic mass is 79.9. The SMILES string of the molecule is CCCOc1ccc(Br)cc1CNC1CCCOC1. The Balaban J connectivity index is 1.94. The van der Waals surface area contributed by atoms with Crippen LogP contribution in [0.4, 0.5) is 0 Å². The predicted octanol–water partition coefficient (Wildman–Crippen LogP) is 3.51. The molecule has 0 spiro atoms. The minimum Gasteiger partial charge on any atom is -0.493 e. The van der Waals surface area contributed by atoms with Gasteiger partial charge in [0.25, 0.3) is 0 Å². The van der Waals surface area contributed by atoms with Gasteiger partial charge in [-0.15, -0.1) is 0 Å². The quantitative estimate of drug-likeness (QED) is 0.867. The molecule has 0 aliphatic carbocycles. The number of halogens is 1. The summed E-state index contributed by atoms with van der Waals surface area (Å²) in [6.45, 7) is 5.43. The fourth-order valence-corrected chi connectivity index (χ4v) is 2.60. The van der Waals surface area contributed by atoms with Crippen molar-refractivity contribution in [1.82, 2.24) is 5.32 Å². The number of rotatable bonds is 6. The van der Waals surface area contributed by atoms with Gasteiger partial charge in [0.15, 0.2) is 0 Å². The maximum Gasteiger partial charge on any atom is 0.123 e. The third-order valence-electron chi connectivity index (χ3n) is 3.23. The van der Waals surface area contributed by atoms with Crippen LogP contribution in [-0.4, -0.2) is 25.9 Å². The van der Waals surface area contributed by atoms with E-state index in [0.29, 0.717) is 6.04 Å². The van der Waals surface area contributed by atoms with Crippen molar-refractivity contribution in [1.29, 1.82) is 0 Å². The Morgan fingerprint density at radius 1 is 1.47 bits per heavy atom. The van der Waals surface area contributed by atoms with Crippen LogP contribution in [0.5, 0.6) is 5.75 Å². The molecule has 0 aromatic heterocycles. The summed E-state index contributed by atoms with van der Waals surface area (Å²) in [5, 5.41) is 3.56. The van der Waals surface area contributed by atoms with Gasteiger partial charge in [-0.25, -0.2) is 0 Å². The molecule has 0 bridgehead atoms. The van der Waals surface area contributed by atoms with Gasteiger partial charge < -0.3 is 14.8 Å². The molecule has 1 aliphatic heterocycles. The first-order valence-corrected chi connectivity index (χ1v) is 7.81. The summed E-state index contributed by atoms with van der Waals surface area (Å²) in [4.78, 5) is 0. The first-order valence-electron chi connectivity index (χ1n) is 7.02. The lowest BCUT2D eigenvalue weighted by molar-refractivity contribution is 0.0698. The van der Waals surface area contributed by atoms with Crippen molar-refractivity contribution in [2.45, 2.75) is 38.8 Å². The molecular formula is C15H22BrNO2. The summed E-state index contributed by atoms with van der Waals surface area (Å²) in [5.41, 5.74) is 1.20. The normalized spacial score (nSPS) is 19.4. The van der Waals surface area contributed by atoms with E-state index >= 15 is 0 Å². The monoisotopic (exact) mass is 327 g/mol. The summed E-state index contributed by atoms with van der Waals surface area (Å²) >= 11 is 3.52. The van der Waals surface area contributed by atoms with E-state index in [1.807, 2.05) is 12.1 Å². The average Bonchev–Trinajstić information content (AvgIpc) is 2.45. The molecule has 0 radical (unpaired) electrons. The Morgan fingerprint density at radius 3 is 3.11 bits per heavy atom. The van der Waals surface area contributed by atoms with Crippen LogP contribution in [0.25, 0.3) is 0 Å². The van der Waals surface area contributed by atoms with Gasteiger partial charge in [-0.2, -0.15) is 0 Å². The Hall–Kier alpha value is -0.580. The largest absolute Gasteiger partial charge is 0.493 e. The Labute approximate surface area is 123 Å². The molecule has 4 heteroatoms. The molecule has 0 saturated carbocycles. The third-order valence-corrected chi connectivity index (χ3v) is 3.72. The molecule has 1 unspecified atom stereocenters. The highest BCUT2D eigenvalue weighted by Crippen LogP contribution is 2.23. The lowest BCUT2D eigenvalue weighted by atomic mass is 10.1. The van der Waals surface area contributed by atoms with Crippen LogP contribution in [0.2, 0.25) is 0 Å². The highest BCUT2D eigenvalue weighted by molar-refractivity contribution is 9.10. The first-order chi connectivity index (χ1) is 9.29. The van der Waals surface area contributed by atoms with Crippen molar-refractivity contribution in [2.75, 3.05) is 19.8 Å². The minimum absolute atomic E-state index is 0.465. The van der Waals surface area contributed by atoms with Gasteiger partial charge in [-0.05, 0) is 37.5 Å². The van der Waals surface area contributed by atoms with E-state index in [1.54, 1.807) is 0 Å². The summed E-state index contributed by atoms with van der Waals surface area (Å²) < 4.78 is 12.4. The molecule has 1 atom stereocenters. The smallest absolute Gasteiger partial charge is 0.123 e. The highest BCUT2D eigenvalue weighted by Gasteiger charge is 2.14. The van der Waals surface area contributed by atoms with Gasteiger partial charge in [0.2, 0.25) is 0 Å². The molecule has 1 aromatic rings. The van der Waals surface area contributed by atoms with Crippen molar-refractivity contribution >= 4 is 15.9 Å². The second-order valence-corrected chi connectivity index (χ2v) is 5.81. The van der Waals surface area contributed by atoms with E-state index in [-0.39, 0.29) is 0 Å². The van der Waals surface area contributed by atoms with E-state index in [0.717, 1.165) is 49.4 Å². The summed E-state index contributed by atoms with van der Waals surface area (Å²) in [5.74, 6) is 0.981. The standard InChI is InChI=1S/C15H22BrNO2/c1-2-7-19-15-6-5-13(16)9-12(15)10-17-14-4-3-8-18-11-14/h5-6,9,14,17H,2-4,7-8,10-11H2,1H3. The van der Waals surface area contributed by atoms with Crippen molar-refractivity contribution in [2.24, 2.45) is 0 Å². The van der Waals surface area contributed by atoms with E-state index in [1.165, 1.54) is 12.0 Å². The third kappa shape index (κ3) is 4.79. The molecular weight excluding hydrogens is 306 g/mol. The molecule has 106 valence electrons. The van der Waals surface area contributed by atoms with E-state index in [9.17, 15) is 0 Å². The summed E-state index contributed by atoms with van der Waals surface area (Å²) in [6, 6.07) is 6.65. The molecule has 2 rings (SSSR count). The zero-order valence-corrected chi connectivity index (χ0v) is 13.0. The fraction of sp³-hybridized carbons (Fsp3) is 0.600. The van der Waals surface area contributed by atoms with Crippen LogP contribution in [-0.2, 0) is 11.3 Å². The zero-order chi connectivity index (χ0) is 13.5. The summed E-state index contributed by atoms with van der Waals surface area (Å²) in [7, 11) is 0. The molecule has 3 nitrogen and oxygen atoms in total. The van der Waals surface area contributed by atoms with Crippen molar-refractivity contribution in [3.63, 3.8) is 0 Å². The van der Waals surface area contributed by atoms with Crippen molar-refractivity contribution < 1.29 is 9.47 Å². The maximum atomic E-state index is 5.79. The molecule has 1 aliphatic rings. The molecule has 1 aromatic carbocycles. The Kier molecular flexibility index (Phi) is 6.14. The van der Waals surface area contributed by atoms with Crippen LogP contribution < -0.4 is 10.1 Å². The van der Waals surface area contributed by atoms with Crippen LogP contribution in [0.15, 0.2) is 22.7 Å². The van der Waals surface area contributed by atoms with Crippen molar-refractivity contribution in [3.05, 3.63) is 28.2 Å². The van der Waals surface area contributed by atoms with E-state index in [2.05, 4.69) is 34.2 Å². The lowest BCUT2D eigenvalue weighted by Crippen LogP contribution is -2.36. The van der Waals surface area contributed by atoms with Gasteiger partial charge in [0.1, 0.15) is 5.75 Å². The molecule has 1 saturated heterocycles. The number of ether oxygens (including phenoxy) is 2. The molecule has 0 amide bonds. The summed E-state index contributed by atoms with van der Waals surface area (Å²) in [6.07, 6.45) is 3.37. The topological polar surface area (TPSA) is 30.5 Å². The fourth-order valence-electron chi connectivity index (χ4n) is 2.20. The lowest BCUT2D eigenvalue weighted by Gasteiger charge is -2.23. The Morgan fingerprint density at radius 2 is 2.37 bits per heavy atom. The van der Waals surface area contributed by atoms with Crippen molar-refractivity contribution in [3.8, 4) is 5.75 Å². The van der Waals surface area contributed by atoms with Gasteiger partial charge in [0.05, 0.1) is 13.2 Å². The molecule has 1 N–H and O–H groups in total. The number of hydrogen-bond acceptors (Lipinski definition) is 3. The maximum absolute atomic E-state index is 5.79. The molecule has 19 heavy (non-hydrogen) atoms. The van der Waals surface area contributed by atoms with Crippen LogP contribution >= 0.6 is 15.9 Å². The average molecular weight is 328 g/mol. The van der Waals surface area contributed by atoms with Gasteiger partial charge >= 0.3 is 0 Å². The van der Waals surface area contributed by atoms with Crippen LogP contribution in [0, 0.1) is 0 Å². The molecule has 1 fully saturated rings.